The van der Waals surface area contributed by atoms with Crippen molar-refractivity contribution in [3.63, 3.8) is 0 Å². The number of nitrogens with zero attached hydrogens (tertiary/aromatic N) is 1. The molecule has 0 radical (unpaired) electrons. The Morgan fingerprint density at radius 3 is 3.10 bits per heavy atom. The Bertz CT molecular complexity index is 671. The van der Waals surface area contributed by atoms with Crippen molar-refractivity contribution in [3.05, 3.63) is 60.8 Å². The molecule has 1 aromatic heterocycles. The molecule has 1 N–H and O–H groups in total. The maximum atomic E-state index is 11.1. The molecule has 1 atom stereocenters. The van der Waals surface area contributed by atoms with Gasteiger partial charge >= 0.3 is 0 Å². The fraction of sp³-hybridized carbons (Fsp3) is 0.333. The predicted molar refractivity (Wildman–Crippen MR) is 84.9 cm³/mol. The van der Waals surface area contributed by atoms with Crippen molar-refractivity contribution in [3.8, 4) is 0 Å². The molecule has 0 amide bonds. The van der Waals surface area contributed by atoms with Gasteiger partial charge in [0.25, 0.3) is 5.69 Å². The van der Waals surface area contributed by atoms with Gasteiger partial charge in [0.1, 0.15) is 0 Å². The zero-order valence-corrected chi connectivity index (χ0v) is 12.9. The third-order valence-corrected chi connectivity index (χ3v) is 5.22. The predicted octanol–water partition coefficient (Wildman–Crippen LogP) is 4.48. The van der Waals surface area contributed by atoms with E-state index >= 15 is 0 Å². The van der Waals surface area contributed by atoms with E-state index in [9.17, 15) is 10.1 Å². The molecule has 0 saturated carbocycles. The lowest BCUT2D eigenvalue weighted by molar-refractivity contribution is -0.385. The second kappa shape index (κ2) is 6.13. The number of halogens is 1. The van der Waals surface area contributed by atoms with Crippen LogP contribution in [0.5, 0.6) is 0 Å². The van der Waals surface area contributed by atoms with Crippen molar-refractivity contribution < 1.29 is 4.92 Å². The summed E-state index contributed by atoms with van der Waals surface area (Å²) in [5.74, 6) is 0. The van der Waals surface area contributed by atoms with E-state index in [0.29, 0.717) is 17.1 Å². The molecule has 1 unspecified atom stereocenters. The highest BCUT2D eigenvalue weighted by molar-refractivity contribution is 7.10. The first-order valence-electron chi connectivity index (χ1n) is 6.88. The maximum Gasteiger partial charge on any atom is 0.275 e. The smallest absolute Gasteiger partial charge is 0.275 e. The molecule has 1 aromatic carbocycles. The first-order valence-corrected chi connectivity index (χ1v) is 8.14. The third-order valence-electron chi connectivity index (χ3n) is 3.87. The van der Waals surface area contributed by atoms with Crippen LogP contribution in [-0.2, 0) is 13.0 Å². The van der Waals surface area contributed by atoms with Crippen molar-refractivity contribution in [2.75, 3.05) is 0 Å². The maximum absolute atomic E-state index is 11.1. The summed E-state index contributed by atoms with van der Waals surface area (Å²) < 4.78 is 0. The summed E-state index contributed by atoms with van der Waals surface area (Å²) in [6, 6.07) is 7.22. The van der Waals surface area contributed by atoms with Crippen molar-refractivity contribution in [1.82, 2.24) is 5.32 Å². The molecule has 0 fully saturated rings. The number of nitrogens with one attached hydrogen (secondary N) is 1. The van der Waals surface area contributed by atoms with Gasteiger partial charge in [0.2, 0.25) is 0 Å². The van der Waals surface area contributed by atoms with E-state index in [0.717, 1.165) is 19.3 Å². The van der Waals surface area contributed by atoms with E-state index in [1.54, 1.807) is 23.5 Å². The van der Waals surface area contributed by atoms with Crippen molar-refractivity contribution in [2.45, 2.75) is 31.8 Å². The Hall–Kier alpha value is -1.43. The van der Waals surface area contributed by atoms with Crippen LogP contribution in [0.15, 0.2) is 29.6 Å². The van der Waals surface area contributed by atoms with Gasteiger partial charge in [-0.3, -0.25) is 10.1 Å². The molecule has 1 aliphatic rings. The standard InChI is InChI=1S/C15H15ClN2O2S/c16-12-3-1-5-14(18(19)20)11(12)9-17-13-4-2-6-15-10(13)7-8-21-15/h1,3,5,7-8,13,17H,2,4,6,9H2. The molecule has 4 nitrogen and oxygen atoms in total. The minimum Gasteiger partial charge on any atom is -0.306 e. The molecule has 1 aliphatic carbocycles. The first-order chi connectivity index (χ1) is 10.2. The van der Waals surface area contributed by atoms with E-state index in [4.69, 9.17) is 11.6 Å². The monoisotopic (exact) mass is 322 g/mol. The Morgan fingerprint density at radius 2 is 2.29 bits per heavy atom. The summed E-state index contributed by atoms with van der Waals surface area (Å²) in [4.78, 5) is 12.2. The zero-order valence-electron chi connectivity index (χ0n) is 11.3. The highest BCUT2D eigenvalue weighted by Gasteiger charge is 2.23. The Balaban J connectivity index is 1.79. The minimum atomic E-state index is -0.375. The van der Waals surface area contributed by atoms with Gasteiger partial charge in [-0.25, -0.2) is 0 Å². The molecule has 110 valence electrons. The molecule has 0 aliphatic heterocycles. The average Bonchev–Trinajstić information content (AvgIpc) is 2.94. The number of nitro groups is 1. The van der Waals surface area contributed by atoms with Crippen molar-refractivity contribution in [1.29, 1.82) is 0 Å². The summed E-state index contributed by atoms with van der Waals surface area (Å²) in [7, 11) is 0. The topological polar surface area (TPSA) is 55.2 Å². The third kappa shape index (κ3) is 2.95. The summed E-state index contributed by atoms with van der Waals surface area (Å²) in [6.07, 6.45) is 3.34. The van der Waals surface area contributed by atoms with Gasteiger partial charge in [-0.05, 0) is 42.3 Å². The van der Waals surface area contributed by atoms with Crippen LogP contribution in [-0.4, -0.2) is 4.92 Å². The highest BCUT2D eigenvalue weighted by atomic mass is 35.5. The lowest BCUT2D eigenvalue weighted by atomic mass is 9.94. The summed E-state index contributed by atoms with van der Waals surface area (Å²) in [5, 5.41) is 17.1. The van der Waals surface area contributed by atoms with Crippen LogP contribution in [0.4, 0.5) is 5.69 Å². The Labute approximate surface area is 131 Å². The molecule has 6 heteroatoms. The van der Waals surface area contributed by atoms with E-state index in [-0.39, 0.29) is 16.7 Å². The molecule has 0 bridgehead atoms. The first kappa shape index (κ1) is 14.5. The molecule has 0 spiro atoms. The number of aryl methyl sites for hydroxylation is 1. The van der Waals surface area contributed by atoms with Crippen LogP contribution in [0.3, 0.4) is 0 Å². The number of hydrogen-bond acceptors (Lipinski definition) is 4. The Morgan fingerprint density at radius 1 is 1.43 bits per heavy atom. The van der Waals surface area contributed by atoms with Gasteiger partial charge < -0.3 is 5.32 Å². The van der Waals surface area contributed by atoms with Crippen LogP contribution in [0.25, 0.3) is 0 Å². The van der Waals surface area contributed by atoms with Gasteiger partial charge in [0.15, 0.2) is 0 Å². The normalized spacial score (nSPS) is 17.5. The number of nitro benzene ring substituents is 1. The SMILES string of the molecule is O=[N+]([O-])c1cccc(Cl)c1CNC1CCCc2sccc21. The highest BCUT2D eigenvalue weighted by Crippen LogP contribution is 2.34. The number of hydrogen-bond donors (Lipinski definition) is 1. The van der Waals surface area contributed by atoms with Crippen molar-refractivity contribution >= 4 is 28.6 Å². The molecule has 0 saturated heterocycles. The van der Waals surface area contributed by atoms with Crippen LogP contribution < -0.4 is 5.32 Å². The number of rotatable bonds is 4. The summed E-state index contributed by atoms with van der Waals surface area (Å²) >= 11 is 7.92. The summed E-state index contributed by atoms with van der Waals surface area (Å²) in [6.45, 7) is 0.413. The molecule has 21 heavy (non-hydrogen) atoms. The summed E-state index contributed by atoms with van der Waals surface area (Å²) in [5.41, 5.74) is 1.98. The molecular weight excluding hydrogens is 308 g/mol. The molecular formula is C15H15ClN2O2S. The van der Waals surface area contributed by atoms with Crippen LogP contribution in [0.1, 0.15) is 34.9 Å². The number of benzene rings is 1. The minimum absolute atomic E-state index is 0.0800. The fourth-order valence-corrected chi connectivity index (χ4v) is 4.04. The van der Waals surface area contributed by atoms with E-state index in [2.05, 4.69) is 16.8 Å². The fourth-order valence-electron chi connectivity index (χ4n) is 2.82. The van der Waals surface area contributed by atoms with Gasteiger partial charge in [-0.1, -0.05) is 17.7 Å². The molecule has 3 rings (SSSR count). The van der Waals surface area contributed by atoms with Crippen LogP contribution in [0, 0.1) is 10.1 Å². The van der Waals surface area contributed by atoms with Gasteiger partial charge in [-0.15, -0.1) is 11.3 Å². The van der Waals surface area contributed by atoms with Gasteiger partial charge in [0, 0.05) is 23.5 Å². The van der Waals surface area contributed by atoms with E-state index in [1.807, 2.05) is 0 Å². The zero-order chi connectivity index (χ0) is 14.8. The number of thiophene rings is 1. The lowest BCUT2D eigenvalue weighted by Gasteiger charge is -2.24. The lowest BCUT2D eigenvalue weighted by Crippen LogP contribution is -2.24. The second-order valence-electron chi connectivity index (χ2n) is 5.12. The van der Waals surface area contributed by atoms with Crippen molar-refractivity contribution in [2.24, 2.45) is 0 Å². The second-order valence-corrected chi connectivity index (χ2v) is 6.53. The van der Waals surface area contributed by atoms with E-state index in [1.165, 1.54) is 16.5 Å². The van der Waals surface area contributed by atoms with Crippen LogP contribution >= 0.6 is 22.9 Å². The van der Waals surface area contributed by atoms with Gasteiger partial charge in [0.05, 0.1) is 15.5 Å². The Kier molecular flexibility index (Phi) is 4.24. The quantitative estimate of drug-likeness (QED) is 0.667. The average molecular weight is 323 g/mol. The number of fused-ring (bicyclic) bond motifs is 1. The largest absolute Gasteiger partial charge is 0.306 e. The van der Waals surface area contributed by atoms with E-state index < -0.39 is 0 Å². The molecule has 1 heterocycles. The van der Waals surface area contributed by atoms with Crippen LogP contribution in [0.2, 0.25) is 5.02 Å². The molecule has 2 aromatic rings. The van der Waals surface area contributed by atoms with Gasteiger partial charge in [-0.2, -0.15) is 0 Å².